The van der Waals surface area contributed by atoms with Crippen molar-refractivity contribution < 1.29 is 23.9 Å². The molecule has 0 spiro atoms. The zero-order valence-electron chi connectivity index (χ0n) is 18.6. The number of ether oxygens (including phenoxy) is 1. The third-order valence-corrected chi connectivity index (χ3v) is 7.04. The number of para-hydroxylation sites is 1. The molecule has 2 saturated heterocycles. The largest absolute Gasteiger partial charge is 0.426 e. The normalized spacial score (nSPS) is 24.4. The molecule has 2 heterocycles. The van der Waals surface area contributed by atoms with Crippen molar-refractivity contribution in [3.63, 3.8) is 0 Å². The first-order chi connectivity index (χ1) is 16.3. The van der Waals surface area contributed by atoms with E-state index in [-0.39, 0.29) is 48.3 Å². The quantitative estimate of drug-likeness (QED) is 0.285. The highest BCUT2D eigenvalue weighted by atomic mass is 35.5. The molecule has 34 heavy (non-hydrogen) atoms. The number of hydrogen-bond donors (Lipinski definition) is 0. The zero-order valence-corrected chi connectivity index (χ0v) is 19.3. The lowest BCUT2D eigenvalue weighted by Gasteiger charge is -2.19. The summed E-state index contributed by atoms with van der Waals surface area (Å²) in [6.07, 6.45) is 3.17. The van der Waals surface area contributed by atoms with Gasteiger partial charge < -0.3 is 9.64 Å². The lowest BCUT2D eigenvalue weighted by Crippen LogP contribution is -2.31. The van der Waals surface area contributed by atoms with Crippen LogP contribution in [0, 0.1) is 17.8 Å². The first-order valence-electron chi connectivity index (χ1n) is 11.2. The molecule has 3 atom stereocenters. The second-order valence-electron chi connectivity index (χ2n) is 8.99. The number of nitrogens with zero attached hydrogens (tertiary/aromatic N) is 2. The fourth-order valence-corrected chi connectivity index (χ4v) is 5.18. The minimum atomic E-state index is -0.653. The molecular formula is C26H23ClN2O5. The van der Waals surface area contributed by atoms with E-state index in [4.69, 9.17) is 16.3 Å². The van der Waals surface area contributed by atoms with Crippen molar-refractivity contribution in [2.24, 2.45) is 17.8 Å². The predicted molar refractivity (Wildman–Crippen MR) is 126 cm³/mol. The van der Waals surface area contributed by atoms with E-state index in [1.54, 1.807) is 42.5 Å². The van der Waals surface area contributed by atoms with Crippen LogP contribution in [-0.4, -0.2) is 30.2 Å². The molecule has 174 valence electrons. The van der Waals surface area contributed by atoms with Crippen molar-refractivity contribution in [3.8, 4) is 5.75 Å². The third-order valence-electron chi connectivity index (χ3n) is 6.72. The number of allylic oxidation sites excluding steroid dienone is 2. The van der Waals surface area contributed by atoms with Crippen LogP contribution in [0.15, 0.2) is 60.2 Å². The molecule has 2 aliphatic heterocycles. The number of halogens is 1. The van der Waals surface area contributed by atoms with Gasteiger partial charge in [0, 0.05) is 19.0 Å². The molecule has 2 aromatic carbocycles. The number of amides is 3. The third kappa shape index (κ3) is 3.90. The Morgan fingerprint density at radius 2 is 1.76 bits per heavy atom. The second-order valence-corrected chi connectivity index (χ2v) is 9.40. The summed E-state index contributed by atoms with van der Waals surface area (Å²) in [7, 11) is 0. The van der Waals surface area contributed by atoms with Gasteiger partial charge in [-0.2, -0.15) is 0 Å². The number of esters is 1. The van der Waals surface area contributed by atoms with Gasteiger partial charge in [0.25, 0.3) is 0 Å². The highest BCUT2D eigenvalue weighted by Crippen LogP contribution is 2.40. The van der Waals surface area contributed by atoms with Crippen LogP contribution < -0.4 is 14.5 Å². The van der Waals surface area contributed by atoms with Crippen molar-refractivity contribution >= 4 is 46.7 Å². The van der Waals surface area contributed by atoms with Gasteiger partial charge >= 0.3 is 5.97 Å². The number of carbonyl (C=O) groups excluding carboxylic acids is 4. The summed E-state index contributed by atoms with van der Waals surface area (Å²) >= 11 is 6.21. The van der Waals surface area contributed by atoms with E-state index in [2.05, 4.69) is 0 Å². The van der Waals surface area contributed by atoms with Crippen molar-refractivity contribution in [1.82, 2.24) is 0 Å². The fourth-order valence-electron chi connectivity index (χ4n) is 4.95. The van der Waals surface area contributed by atoms with Crippen LogP contribution in [0.1, 0.15) is 26.2 Å². The van der Waals surface area contributed by atoms with E-state index in [1.807, 2.05) is 13.0 Å². The van der Waals surface area contributed by atoms with E-state index in [0.717, 1.165) is 5.57 Å². The molecule has 0 aromatic heterocycles. The summed E-state index contributed by atoms with van der Waals surface area (Å²) in [6.45, 7) is 2.14. The second kappa shape index (κ2) is 8.72. The molecule has 0 saturated carbocycles. The van der Waals surface area contributed by atoms with Crippen molar-refractivity contribution in [2.75, 3.05) is 16.3 Å². The Hall–Kier alpha value is -3.45. The van der Waals surface area contributed by atoms with E-state index in [0.29, 0.717) is 29.2 Å². The Balaban J connectivity index is 1.30. The topological polar surface area (TPSA) is 84.0 Å². The minimum Gasteiger partial charge on any atom is -0.426 e. The zero-order chi connectivity index (χ0) is 24.0. The molecular weight excluding hydrogens is 456 g/mol. The van der Waals surface area contributed by atoms with Gasteiger partial charge in [0.05, 0.1) is 34.2 Å². The van der Waals surface area contributed by atoms with E-state index < -0.39 is 11.9 Å². The highest BCUT2D eigenvalue weighted by Gasteiger charge is 2.48. The van der Waals surface area contributed by atoms with Crippen LogP contribution in [0.5, 0.6) is 5.75 Å². The summed E-state index contributed by atoms with van der Waals surface area (Å²) < 4.78 is 5.56. The van der Waals surface area contributed by atoms with Gasteiger partial charge in [0.15, 0.2) is 0 Å². The first kappa shape index (κ1) is 22.3. The van der Waals surface area contributed by atoms with Crippen LogP contribution in [0.4, 0.5) is 11.4 Å². The predicted octanol–water partition coefficient (Wildman–Crippen LogP) is 4.14. The average Bonchev–Trinajstić information content (AvgIpc) is 3.31. The van der Waals surface area contributed by atoms with E-state index >= 15 is 0 Å². The average molecular weight is 479 g/mol. The lowest BCUT2D eigenvalue weighted by molar-refractivity contribution is -0.139. The van der Waals surface area contributed by atoms with Crippen LogP contribution in [-0.2, 0) is 19.2 Å². The Kier molecular flexibility index (Phi) is 5.73. The van der Waals surface area contributed by atoms with E-state index in [1.165, 1.54) is 15.9 Å². The number of benzene rings is 2. The number of imide groups is 1. The maximum Gasteiger partial charge on any atom is 0.316 e. The summed E-state index contributed by atoms with van der Waals surface area (Å²) in [6, 6.07) is 13.4. The molecule has 0 unspecified atom stereocenters. The summed E-state index contributed by atoms with van der Waals surface area (Å²) in [5.41, 5.74) is 2.06. The highest BCUT2D eigenvalue weighted by molar-refractivity contribution is 6.34. The monoisotopic (exact) mass is 478 g/mol. The molecule has 2 aromatic rings. The molecule has 1 aliphatic carbocycles. The Labute approximate surface area is 201 Å². The van der Waals surface area contributed by atoms with Gasteiger partial charge in [-0.05, 0) is 44.0 Å². The fraction of sp³-hybridized carbons (Fsp3) is 0.308. The number of rotatable bonds is 4. The standard InChI is InChI=1S/C26H23ClN2O5/c1-15-9-10-19-20(11-15)25(32)29(24(19)31)17-5-4-6-18(13-17)34-26(33)16-12-23(30)28(14-16)22-8-3-2-7-21(22)27/h2-9,13,16,19-20H,10-12,14H2,1H3/t16-,19+,20-/m1/s1. The number of hydrogen-bond acceptors (Lipinski definition) is 5. The Bertz CT molecular complexity index is 1240. The number of fused-ring (bicyclic) bond motifs is 1. The minimum absolute atomic E-state index is 0.0164. The van der Waals surface area contributed by atoms with Crippen LogP contribution >= 0.6 is 11.6 Å². The summed E-state index contributed by atoms with van der Waals surface area (Å²) in [5, 5.41) is 0.434. The van der Waals surface area contributed by atoms with Crippen LogP contribution in [0.2, 0.25) is 5.02 Å². The van der Waals surface area contributed by atoms with Crippen LogP contribution in [0.25, 0.3) is 0 Å². The SMILES string of the molecule is CC1=CC[C@@H]2C(=O)N(c3cccc(OC(=O)[C@@H]4CC(=O)N(c5ccccc5Cl)C4)c3)C(=O)[C@@H]2C1. The molecule has 3 aliphatic rings. The van der Waals surface area contributed by atoms with Crippen molar-refractivity contribution in [3.05, 3.63) is 65.2 Å². The van der Waals surface area contributed by atoms with Gasteiger partial charge in [0.1, 0.15) is 5.75 Å². The lowest BCUT2D eigenvalue weighted by atomic mass is 9.82. The molecule has 8 heteroatoms. The Morgan fingerprint density at radius 1 is 1.00 bits per heavy atom. The molecule has 3 amide bonds. The first-order valence-corrected chi connectivity index (χ1v) is 11.6. The van der Waals surface area contributed by atoms with Gasteiger partial charge in [-0.1, -0.05) is 41.4 Å². The molecule has 7 nitrogen and oxygen atoms in total. The van der Waals surface area contributed by atoms with Gasteiger partial charge in [0.2, 0.25) is 17.7 Å². The van der Waals surface area contributed by atoms with E-state index in [9.17, 15) is 19.2 Å². The summed E-state index contributed by atoms with van der Waals surface area (Å²) in [4.78, 5) is 54.0. The molecule has 2 fully saturated rings. The maximum absolute atomic E-state index is 13.0. The van der Waals surface area contributed by atoms with Crippen molar-refractivity contribution in [1.29, 1.82) is 0 Å². The smallest absolute Gasteiger partial charge is 0.316 e. The Morgan fingerprint density at radius 3 is 2.56 bits per heavy atom. The number of anilines is 2. The van der Waals surface area contributed by atoms with Crippen molar-refractivity contribution in [2.45, 2.75) is 26.2 Å². The maximum atomic E-state index is 13.0. The van der Waals surface area contributed by atoms with Gasteiger partial charge in [-0.25, -0.2) is 4.90 Å². The molecule has 0 N–H and O–H groups in total. The van der Waals surface area contributed by atoms with Crippen LogP contribution in [0.3, 0.4) is 0 Å². The molecule has 5 rings (SSSR count). The summed E-state index contributed by atoms with van der Waals surface area (Å²) in [5.74, 6) is -2.32. The molecule has 0 bridgehead atoms. The van der Waals surface area contributed by atoms with Gasteiger partial charge in [-0.3, -0.25) is 19.2 Å². The number of carbonyl (C=O) groups is 4. The van der Waals surface area contributed by atoms with Gasteiger partial charge in [-0.15, -0.1) is 0 Å². The molecule has 0 radical (unpaired) electrons.